The van der Waals surface area contributed by atoms with Crippen molar-refractivity contribution in [2.75, 3.05) is 7.11 Å². The molecule has 1 amide bonds. The Morgan fingerprint density at radius 1 is 1.42 bits per heavy atom. The number of carbonyl (C=O) groups is 2. The van der Waals surface area contributed by atoms with Crippen LogP contribution in [0.1, 0.15) is 51.4 Å². The van der Waals surface area contributed by atoms with E-state index in [0.717, 1.165) is 12.8 Å². The van der Waals surface area contributed by atoms with Gasteiger partial charge in [-0.1, -0.05) is 12.8 Å². The number of ether oxygens (including phenoxy) is 1. The summed E-state index contributed by atoms with van der Waals surface area (Å²) in [6.07, 6.45) is 6.50. The highest BCUT2D eigenvalue weighted by Crippen LogP contribution is 2.27. The van der Waals surface area contributed by atoms with Crippen molar-refractivity contribution in [2.24, 2.45) is 5.92 Å². The molecule has 1 rings (SSSR count). The average Bonchev–Trinajstić information content (AvgIpc) is 2.89. The Labute approximate surface area is 114 Å². The number of amides is 1. The summed E-state index contributed by atoms with van der Waals surface area (Å²) >= 11 is 0. The first-order chi connectivity index (χ1) is 9.17. The normalized spacial score (nSPS) is 16.6. The first kappa shape index (κ1) is 15.5. The van der Waals surface area contributed by atoms with Gasteiger partial charge in [-0.15, -0.1) is 0 Å². The zero-order valence-corrected chi connectivity index (χ0v) is 11.5. The van der Waals surface area contributed by atoms with Gasteiger partial charge in [0.2, 0.25) is 5.91 Å². The number of nitrogens with one attached hydrogen (secondary N) is 1. The molecule has 0 heterocycles. The van der Waals surface area contributed by atoms with Crippen LogP contribution in [0, 0.1) is 17.2 Å². The quantitative estimate of drug-likeness (QED) is 0.564. The number of hydrogen-bond donors (Lipinski definition) is 1. The van der Waals surface area contributed by atoms with Crippen LogP contribution in [0.25, 0.3) is 0 Å². The fourth-order valence-corrected chi connectivity index (χ4v) is 2.51. The Bertz CT molecular complexity index is 343. The van der Waals surface area contributed by atoms with Crippen LogP contribution in [-0.2, 0) is 14.3 Å². The van der Waals surface area contributed by atoms with Gasteiger partial charge in [0.25, 0.3) is 0 Å². The predicted molar refractivity (Wildman–Crippen MR) is 70.0 cm³/mol. The van der Waals surface area contributed by atoms with Gasteiger partial charge >= 0.3 is 5.97 Å². The minimum absolute atomic E-state index is 0.0840. The summed E-state index contributed by atoms with van der Waals surface area (Å²) in [5.41, 5.74) is 0. The maximum atomic E-state index is 11.9. The molecule has 0 aromatic carbocycles. The maximum Gasteiger partial charge on any atom is 0.328 e. The van der Waals surface area contributed by atoms with Gasteiger partial charge in [0.1, 0.15) is 6.04 Å². The van der Waals surface area contributed by atoms with Crippen LogP contribution < -0.4 is 5.32 Å². The molecule has 0 bridgehead atoms. The molecule has 5 heteroatoms. The lowest BCUT2D eigenvalue weighted by Gasteiger charge is -2.17. The molecule has 5 nitrogen and oxygen atoms in total. The Kier molecular flexibility index (Phi) is 6.94. The predicted octanol–water partition coefficient (Wildman–Crippen LogP) is 1.92. The third kappa shape index (κ3) is 5.73. The molecular weight excluding hydrogens is 244 g/mol. The Morgan fingerprint density at radius 3 is 2.68 bits per heavy atom. The molecule has 1 fully saturated rings. The molecule has 1 aliphatic rings. The number of methoxy groups -OCH3 is 1. The van der Waals surface area contributed by atoms with Crippen LogP contribution in [0.2, 0.25) is 0 Å². The van der Waals surface area contributed by atoms with Gasteiger partial charge < -0.3 is 10.1 Å². The van der Waals surface area contributed by atoms with Crippen LogP contribution in [0.4, 0.5) is 0 Å². The van der Waals surface area contributed by atoms with Gasteiger partial charge in [0.15, 0.2) is 0 Å². The number of hydrogen-bond acceptors (Lipinski definition) is 4. The van der Waals surface area contributed by atoms with E-state index in [9.17, 15) is 9.59 Å². The van der Waals surface area contributed by atoms with Gasteiger partial charge in [0, 0.05) is 12.8 Å². The van der Waals surface area contributed by atoms with E-state index in [1.807, 2.05) is 6.07 Å². The summed E-state index contributed by atoms with van der Waals surface area (Å²) in [6.45, 7) is 0. The highest BCUT2D eigenvalue weighted by atomic mass is 16.5. The number of esters is 1. The lowest BCUT2D eigenvalue weighted by Crippen LogP contribution is -2.42. The van der Waals surface area contributed by atoms with E-state index in [2.05, 4.69) is 10.1 Å². The van der Waals surface area contributed by atoms with Crippen molar-refractivity contribution in [3.63, 3.8) is 0 Å². The van der Waals surface area contributed by atoms with Gasteiger partial charge in [-0.05, 0) is 31.6 Å². The SMILES string of the molecule is COC(=O)[C@H](CCCC#N)NC(=O)CC1CCCC1. The number of unbranched alkanes of at least 4 members (excludes halogenated alkanes) is 1. The lowest BCUT2D eigenvalue weighted by atomic mass is 10.0. The van der Waals surface area contributed by atoms with Gasteiger partial charge in [-0.25, -0.2) is 4.79 Å². The monoisotopic (exact) mass is 266 g/mol. The number of nitriles is 1. The molecule has 0 aromatic heterocycles. The molecule has 0 aliphatic heterocycles. The first-order valence-corrected chi connectivity index (χ1v) is 6.91. The third-order valence-electron chi connectivity index (χ3n) is 3.55. The summed E-state index contributed by atoms with van der Waals surface area (Å²) in [5.74, 6) is -0.0608. The molecule has 1 atom stereocenters. The van der Waals surface area contributed by atoms with Gasteiger partial charge in [-0.3, -0.25) is 4.79 Å². The standard InChI is InChI=1S/C14H22N2O3/c1-19-14(18)12(8-4-5-9-15)16-13(17)10-11-6-2-3-7-11/h11-12H,2-8,10H2,1H3,(H,16,17)/t12-/m0/s1. The molecule has 1 aliphatic carbocycles. The van der Waals surface area contributed by atoms with E-state index in [4.69, 9.17) is 5.26 Å². The van der Waals surface area contributed by atoms with Crippen molar-refractivity contribution >= 4 is 11.9 Å². The number of rotatable bonds is 7. The average molecular weight is 266 g/mol. The van der Waals surface area contributed by atoms with Crippen molar-refractivity contribution in [3.8, 4) is 6.07 Å². The van der Waals surface area contributed by atoms with Gasteiger partial charge in [-0.2, -0.15) is 5.26 Å². The van der Waals surface area contributed by atoms with Crippen molar-refractivity contribution in [1.29, 1.82) is 5.26 Å². The summed E-state index contributed by atoms with van der Waals surface area (Å²) < 4.78 is 4.68. The van der Waals surface area contributed by atoms with E-state index in [1.54, 1.807) is 0 Å². The highest BCUT2D eigenvalue weighted by molar-refractivity contribution is 5.84. The second kappa shape index (κ2) is 8.52. The second-order valence-corrected chi connectivity index (χ2v) is 5.05. The molecular formula is C14H22N2O3. The van der Waals surface area contributed by atoms with E-state index in [1.165, 1.54) is 20.0 Å². The van der Waals surface area contributed by atoms with Crippen molar-refractivity contribution in [2.45, 2.75) is 57.4 Å². The van der Waals surface area contributed by atoms with E-state index in [-0.39, 0.29) is 5.91 Å². The highest BCUT2D eigenvalue weighted by Gasteiger charge is 2.24. The molecule has 0 unspecified atom stereocenters. The zero-order valence-electron chi connectivity index (χ0n) is 11.5. The minimum atomic E-state index is -0.618. The maximum absolute atomic E-state index is 11.9. The van der Waals surface area contributed by atoms with Crippen molar-refractivity contribution in [1.82, 2.24) is 5.32 Å². The van der Waals surface area contributed by atoms with E-state index in [0.29, 0.717) is 31.6 Å². The fraction of sp³-hybridized carbons (Fsp3) is 0.786. The molecule has 19 heavy (non-hydrogen) atoms. The smallest absolute Gasteiger partial charge is 0.328 e. The minimum Gasteiger partial charge on any atom is -0.467 e. The molecule has 106 valence electrons. The fourth-order valence-electron chi connectivity index (χ4n) is 2.51. The number of nitrogens with zero attached hydrogens (tertiary/aromatic N) is 1. The molecule has 0 spiro atoms. The largest absolute Gasteiger partial charge is 0.467 e. The molecule has 0 saturated heterocycles. The lowest BCUT2D eigenvalue weighted by molar-refractivity contribution is -0.145. The third-order valence-corrected chi connectivity index (χ3v) is 3.55. The topological polar surface area (TPSA) is 79.2 Å². The zero-order chi connectivity index (χ0) is 14.1. The van der Waals surface area contributed by atoms with Crippen molar-refractivity contribution < 1.29 is 14.3 Å². The van der Waals surface area contributed by atoms with Crippen molar-refractivity contribution in [3.05, 3.63) is 0 Å². The molecule has 0 radical (unpaired) electrons. The van der Waals surface area contributed by atoms with Crippen LogP contribution in [0.15, 0.2) is 0 Å². The van der Waals surface area contributed by atoms with Gasteiger partial charge in [0.05, 0.1) is 13.2 Å². The van der Waals surface area contributed by atoms with Crippen LogP contribution in [-0.4, -0.2) is 25.0 Å². The Balaban J connectivity index is 2.39. The molecule has 0 aromatic rings. The summed E-state index contributed by atoms with van der Waals surface area (Å²) in [5, 5.41) is 11.2. The molecule has 1 saturated carbocycles. The number of carbonyl (C=O) groups excluding carboxylic acids is 2. The summed E-state index contributed by atoms with van der Waals surface area (Å²) in [7, 11) is 1.31. The van der Waals surface area contributed by atoms with E-state index < -0.39 is 12.0 Å². The Hall–Kier alpha value is -1.57. The van der Waals surface area contributed by atoms with Crippen LogP contribution >= 0.6 is 0 Å². The van der Waals surface area contributed by atoms with Crippen LogP contribution in [0.3, 0.4) is 0 Å². The second-order valence-electron chi connectivity index (χ2n) is 5.05. The summed E-state index contributed by atoms with van der Waals surface area (Å²) in [6, 6.07) is 1.41. The first-order valence-electron chi connectivity index (χ1n) is 6.91. The molecule has 1 N–H and O–H groups in total. The Morgan fingerprint density at radius 2 is 2.11 bits per heavy atom. The summed E-state index contributed by atoms with van der Waals surface area (Å²) in [4.78, 5) is 23.4. The van der Waals surface area contributed by atoms with Crippen LogP contribution in [0.5, 0.6) is 0 Å². The van der Waals surface area contributed by atoms with E-state index >= 15 is 0 Å².